The van der Waals surface area contributed by atoms with Crippen molar-refractivity contribution in [2.75, 3.05) is 26.3 Å². The van der Waals surface area contributed by atoms with Crippen LogP contribution in [0.2, 0.25) is 0 Å². The van der Waals surface area contributed by atoms with Gasteiger partial charge in [0.15, 0.2) is 5.69 Å². The van der Waals surface area contributed by atoms with Crippen LogP contribution >= 0.6 is 12.4 Å². The van der Waals surface area contributed by atoms with E-state index < -0.39 is 5.97 Å². The standard InChI is InChI=1S/C14H21N3O2.C10H7NO2.ClH/c1-5-15-6-2-12(1)19-14-13(16-7-8-17-14)11-3-9-18-10-4-11;12-10(13)9-8-4-2-1-3-7(8)5-6-11-9;/h7-8,11-12,15H,1-6,9-10H2;1-6H,(H,12,13);1H. The fraction of sp³-hybridized carbons (Fsp3) is 0.417. The van der Waals surface area contributed by atoms with Crippen LogP contribution < -0.4 is 10.1 Å². The van der Waals surface area contributed by atoms with Crippen molar-refractivity contribution in [3.8, 4) is 5.88 Å². The number of hydrogen-bond donors (Lipinski definition) is 2. The Labute approximate surface area is 199 Å². The van der Waals surface area contributed by atoms with Gasteiger partial charge < -0.3 is 19.9 Å². The van der Waals surface area contributed by atoms with Gasteiger partial charge in [0.2, 0.25) is 5.88 Å². The van der Waals surface area contributed by atoms with Crippen molar-refractivity contribution in [2.45, 2.75) is 37.7 Å². The minimum absolute atomic E-state index is 0. The molecule has 1 aromatic carbocycles. The Morgan fingerprint density at radius 3 is 2.45 bits per heavy atom. The summed E-state index contributed by atoms with van der Waals surface area (Å²) in [6, 6.07) is 9.08. The lowest BCUT2D eigenvalue weighted by molar-refractivity contribution is 0.0692. The van der Waals surface area contributed by atoms with Gasteiger partial charge in [-0.2, -0.15) is 0 Å². The lowest BCUT2D eigenvalue weighted by Crippen LogP contribution is -2.34. The highest BCUT2D eigenvalue weighted by Gasteiger charge is 2.24. The second kappa shape index (κ2) is 12.4. The van der Waals surface area contributed by atoms with Crippen molar-refractivity contribution >= 4 is 29.1 Å². The van der Waals surface area contributed by atoms with Crippen LogP contribution in [0.4, 0.5) is 0 Å². The van der Waals surface area contributed by atoms with Crippen molar-refractivity contribution in [2.24, 2.45) is 0 Å². The monoisotopic (exact) mass is 472 g/mol. The third-order valence-corrected chi connectivity index (χ3v) is 5.74. The van der Waals surface area contributed by atoms with Crippen molar-refractivity contribution in [3.05, 3.63) is 60.3 Å². The number of carboxylic acids is 1. The number of halogens is 1. The molecule has 0 radical (unpaired) electrons. The van der Waals surface area contributed by atoms with E-state index >= 15 is 0 Å². The Balaban J connectivity index is 0.000000192. The van der Waals surface area contributed by atoms with Crippen molar-refractivity contribution in [3.63, 3.8) is 0 Å². The quantitative estimate of drug-likeness (QED) is 0.589. The molecule has 33 heavy (non-hydrogen) atoms. The molecule has 176 valence electrons. The molecule has 9 heteroatoms. The van der Waals surface area contributed by atoms with Crippen LogP contribution in [0.3, 0.4) is 0 Å². The number of ether oxygens (including phenoxy) is 2. The van der Waals surface area contributed by atoms with Gasteiger partial charge in [-0.05, 0) is 50.2 Å². The topological polar surface area (TPSA) is 106 Å². The predicted molar refractivity (Wildman–Crippen MR) is 127 cm³/mol. The highest BCUT2D eigenvalue weighted by molar-refractivity contribution is 6.01. The molecule has 2 N–H and O–H groups in total. The van der Waals surface area contributed by atoms with Gasteiger partial charge in [0.05, 0.1) is 0 Å². The first kappa shape index (κ1) is 24.8. The van der Waals surface area contributed by atoms with E-state index in [0.29, 0.717) is 11.3 Å². The molecular formula is C24H29ClN4O4. The largest absolute Gasteiger partial charge is 0.476 e. The number of carbonyl (C=O) groups is 1. The Hall–Kier alpha value is -2.81. The van der Waals surface area contributed by atoms with E-state index in [2.05, 4.69) is 20.3 Å². The predicted octanol–water partition coefficient (Wildman–Crippen LogP) is 3.86. The average Bonchev–Trinajstić information content (AvgIpc) is 2.85. The third kappa shape index (κ3) is 6.60. The smallest absolute Gasteiger partial charge is 0.355 e. The molecule has 8 nitrogen and oxygen atoms in total. The Kier molecular flexibility index (Phi) is 9.35. The van der Waals surface area contributed by atoms with Gasteiger partial charge in [-0.25, -0.2) is 14.8 Å². The lowest BCUT2D eigenvalue weighted by atomic mass is 9.96. The summed E-state index contributed by atoms with van der Waals surface area (Å²) >= 11 is 0. The number of carboxylic acid groups (broad SMARTS) is 1. The molecule has 2 saturated heterocycles. The summed E-state index contributed by atoms with van der Waals surface area (Å²) < 4.78 is 11.5. The maximum atomic E-state index is 10.8. The molecule has 0 bridgehead atoms. The van der Waals surface area contributed by atoms with Gasteiger partial charge in [-0.1, -0.05) is 24.3 Å². The second-order valence-electron chi connectivity index (χ2n) is 7.89. The van der Waals surface area contributed by atoms with Crippen molar-refractivity contribution in [1.29, 1.82) is 0 Å². The third-order valence-electron chi connectivity index (χ3n) is 5.74. The second-order valence-corrected chi connectivity index (χ2v) is 7.89. The minimum Gasteiger partial charge on any atom is -0.476 e. The van der Waals surface area contributed by atoms with E-state index in [4.69, 9.17) is 14.6 Å². The number of hydrogen-bond acceptors (Lipinski definition) is 7. The zero-order valence-electron chi connectivity index (χ0n) is 18.4. The van der Waals surface area contributed by atoms with Gasteiger partial charge in [-0.3, -0.25) is 4.98 Å². The van der Waals surface area contributed by atoms with Gasteiger partial charge in [-0.15, -0.1) is 12.4 Å². The molecule has 0 spiro atoms. The number of aromatic carboxylic acids is 1. The summed E-state index contributed by atoms with van der Waals surface area (Å²) in [7, 11) is 0. The van der Waals surface area contributed by atoms with Gasteiger partial charge in [0.1, 0.15) is 11.8 Å². The number of nitrogens with one attached hydrogen (secondary N) is 1. The minimum atomic E-state index is -0.989. The molecule has 2 aliphatic heterocycles. The molecule has 2 aromatic heterocycles. The molecule has 0 saturated carbocycles. The fourth-order valence-electron chi connectivity index (χ4n) is 4.04. The van der Waals surface area contributed by atoms with Crippen LogP contribution in [0.25, 0.3) is 10.8 Å². The Morgan fingerprint density at radius 1 is 0.970 bits per heavy atom. The maximum Gasteiger partial charge on any atom is 0.355 e. The molecule has 0 aliphatic carbocycles. The highest BCUT2D eigenvalue weighted by Crippen LogP contribution is 2.31. The normalized spacial score (nSPS) is 16.8. The highest BCUT2D eigenvalue weighted by atomic mass is 35.5. The van der Waals surface area contributed by atoms with Crippen LogP contribution in [0.5, 0.6) is 5.88 Å². The molecule has 0 unspecified atom stereocenters. The summed E-state index contributed by atoms with van der Waals surface area (Å²) in [5, 5.41) is 13.7. The summed E-state index contributed by atoms with van der Waals surface area (Å²) in [6.07, 6.45) is 9.39. The van der Waals surface area contributed by atoms with Gasteiger partial charge in [0.25, 0.3) is 0 Å². The van der Waals surface area contributed by atoms with Crippen LogP contribution in [-0.2, 0) is 4.74 Å². The van der Waals surface area contributed by atoms with E-state index in [-0.39, 0.29) is 24.2 Å². The van der Waals surface area contributed by atoms with Crippen LogP contribution in [0, 0.1) is 0 Å². The first-order chi connectivity index (χ1) is 15.7. The summed E-state index contributed by atoms with van der Waals surface area (Å²) in [5.41, 5.74) is 1.13. The summed E-state index contributed by atoms with van der Waals surface area (Å²) in [4.78, 5) is 23.5. The molecule has 0 atom stereocenters. The van der Waals surface area contributed by atoms with Crippen molar-refractivity contribution in [1.82, 2.24) is 20.3 Å². The van der Waals surface area contributed by atoms with E-state index in [9.17, 15) is 4.79 Å². The first-order valence-corrected chi connectivity index (χ1v) is 11.1. The molecule has 2 aliphatic rings. The first-order valence-electron chi connectivity index (χ1n) is 11.1. The number of fused-ring (bicyclic) bond motifs is 1. The maximum absolute atomic E-state index is 10.8. The molecular weight excluding hydrogens is 444 g/mol. The van der Waals surface area contributed by atoms with E-state index in [1.807, 2.05) is 12.1 Å². The molecule has 4 heterocycles. The number of nitrogens with zero attached hydrogens (tertiary/aromatic N) is 3. The van der Waals surface area contributed by atoms with E-state index in [1.165, 1.54) is 6.20 Å². The van der Waals surface area contributed by atoms with Crippen molar-refractivity contribution < 1.29 is 19.4 Å². The van der Waals surface area contributed by atoms with E-state index in [0.717, 1.165) is 68.9 Å². The fourth-order valence-corrected chi connectivity index (χ4v) is 4.04. The number of benzene rings is 1. The van der Waals surface area contributed by atoms with Crippen LogP contribution in [0.15, 0.2) is 48.9 Å². The van der Waals surface area contributed by atoms with Crippen LogP contribution in [0.1, 0.15) is 47.8 Å². The lowest BCUT2D eigenvalue weighted by Gasteiger charge is -2.26. The number of rotatable bonds is 4. The average molecular weight is 473 g/mol. The SMILES string of the molecule is Cl.O=C(O)c1nccc2ccccc12.c1cnc(C2CCOCC2)c(OC2CCNCC2)n1. The number of pyridine rings is 1. The van der Waals surface area contributed by atoms with Crippen LogP contribution in [-0.4, -0.2) is 58.4 Å². The van der Waals surface area contributed by atoms with E-state index in [1.54, 1.807) is 30.6 Å². The van der Waals surface area contributed by atoms with Gasteiger partial charge in [0, 0.05) is 43.1 Å². The Bertz CT molecular complexity index is 1030. The zero-order chi connectivity index (χ0) is 22.2. The zero-order valence-corrected chi connectivity index (χ0v) is 19.2. The molecule has 5 rings (SSSR count). The molecule has 2 fully saturated rings. The summed E-state index contributed by atoms with van der Waals surface area (Å²) in [6.45, 7) is 3.68. The number of piperidine rings is 1. The number of aromatic nitrogens is 3. The molecule has 3 aromatic rings. The van der Waals surface area contributed by atoms with Gasteiger partial charge >= 0.3 is 5.97 Å². The molecule has 0 amide bonds. The summed E-state index contributed by atoms with van der Waals surface area (Å²) in [5.74, 6) is 0.178. The Morgan fingerprint density at radius 2 is 1.70 bits per heavy atom.